The van der Waals surface area contributed by atoms with Gasteiger partial charge in [-0.3, -0.25) is 4.79 Å². The largest absolute Gasteiger partial charge is 0.354 e. The van der Waals surface area contributed by atoms with Gasteiger partial charge in [0.15, 0.2) is 5.69 Å². The molecule has 1 aromatic carbocycles. The zero-order chi connectivity index (χ0) is 13.1. The third-order valence-electron chi connectivity index (χ3n) is 2.56. The number of benzene rings is 1. The average Bonchev–Trinajstić information content (AvgIpc) is 2.87. The number of carbonyl (C=O) groups is 1. The Morgan fingerprint density at radius 1 is 1.50 bits per heavy atom. The van der Waals surface area contributed by atoms with Crippen molar-refractivity contribution in [2.45, 2.75) is 6.54 Å². The van der Waals surface area contributed by atoms with Gasteiger partial charge in [-0.1, -0.05) is 22.0 Å². The minimum absolute atomic E-state index is 0.210. The number of hydrogen-bond donors (Lipinski definition) is 2. The molecule has 0 aliphatic heterocycles. The Labute approximate surface area is 113 Å². The topological polar surface area (TPSA) is 72.9 Å². The Bertz CT molecular complexity index is 579. The van der Waals surface area contributed by atoms with Crippen molar-refractivity contribution >= 4 is 21.8 Å². The van der Waals surface area contributed by atoms with Gasteiger partial charge in [0, 0.05) is 24.3 Å². The van der Waals surface area contributed by atoms with Gasteiger partial charge >= 0.3 is 0 Å². The highest BCUT2D eigenvalue weighted by Gasteiger charge is 2.10. The van der Waals surface area contributed by atoms with Crippen molar-refractivity contribution in [2.75, 3.05) is 7.05 Å². The summed E-state index contributed by atoms with van der Waals surface area (Å²) in [6.45, 7) is 0.414. The number of carbonyl (C=O) groups excluding carboxylic acids is 1. The molecule has 1 aromatic heterocycles. The van der Waals surface area contributed by atoms with E-state index in [-0.39, 0.29) is 5.91 Å². The number of amides is 1. The Morgan fingerprint density at radius 3 is 2.94 bits per heavy atom. The Balaban J connectivity index is 2.45. The van der Waals surface area contributed by atoms with Crippen molar-refractivity contribution in [1.29, 1.82) is 0 Å². The molecule has 18 heavy (non-hydrogen) atoms. The van der Waals surface area contributed by atoms with Crippen LogP contribution in [0.5, 0.6) is 0 Å². The minimum atomic E-state index is -0.210. The summed E-state index contributed by atoms with van der Waals surface area (Å²) < 4.78 is 2.59. The number of halogens is 1. The number of nitrogens with one attached hydrogen (secondary N) is 1. The number of nitrogens with two attached hydrogens (primary N) is 1. The van der Waals surface area contributed by atoms with Gasteiger partial charge in [-0.25, -0.2) is 4.68 Å². The summed E-state index contributed by atoms with van der Waals surface area (Å²) in [4.78, 5) is 11.5. The van der Waals surface area contributed by atoms with Crippen LogP contribution in [-0.4, -0.2) is 22.7 Å². The number of nitrogens with zero attached hydrogens (tertiary/aromatic N) is 2. The molecule has 0 saturated heterocycles. The second-order valence-electron chi connectivity index (χ2n) is 3.70. The maximum atomic E-state index is 11.5. The third-order valence-corrected chi connectivity index (χ3v) is 3.06. The Kier molecular flexibility index (Phi) is 3.78. The van der Waals surface area contributed by atoms with Crippen molar-refractivity contribution in [2.24, 2.45) is 5.73 Å². The lowest BCUT2D eigenvalue weighted by Gasteiger charge is -2.08. The summed E-state index contributed by atoms with van der Waals surface area (Å²) >= 11 is 3.41. The van der Waals surface area contributed by atoms with Gasteiger partial charge in [0.1, 0.15) is 0 Å². The minimum Gasteiger partial charge on any atom is -0.354 e. The molecule has 1 amide bonds. The smallest absolute Gasteiger partial charge is 0.271 e. The Hall–Kier alpha value is -1.66. The highest BCUT2D eigenvalue weighted by atomic mass is 79.9. The fraction of sp³-hybridized carbons (Fsp3) is 0.167. The van der Waals surface area contributed by atoms with Gasteiger partial charge in [0.25, 0.3) is 5.91 Å². The fourth-order valence-corrected chi connectivity index (χ4v) is 1.98. The lowest BCUT2D eigenvalue weighted by molar-refractivity contribution is 0.0957. The molecule has 0 saturated carbocycles. The summed E-state index contributed by atoms with van der Waals surface area (Å²) in [5, 5.41) is 6.77. The summed E-state index contributed by atoms with van der Waals surface area (Å²) in [5.74, 6) is -0.210. The molecule has 2 rings (SSSR count). The van der Waals surface area contributed by atoms with Crippen LogP contribution in [0.2, 0.25) is 0 Å². The quantitative estimate of drug-likeness (QED) is 0.901. The molecule has 0 atom stereocenters. The first-order valence-corrected chi connectivity index (χ1v) is 6.21. The summed E-state index contributed by atoms with van der Waals surface area (Å²) in [5.41, 5.74) is 7.90. The van der Waals surface area contributed by atoms with Crippen LogP contribution in [-0.2, 0) is 6.54 Å². The predicted octanol–water partition coefficient (Wildman–Crippen LogP) is 1.45. The molecule has 0 radical (unpaired) electrons. The molecule has 0 aliphatic carbocycles. The van der Waals surface area contributed by atoms with Gasteiger partial charge in [-0.15, -0.1) is 0 Å². The van der Waals surface area contributed by atoms with E-state index >= 15 is 0 Å². The van der Waals surface area contributed by atoms with Crippen LogP contribution < -0.4 is 11.1 Å². The van der Waals surface area contributed by atoms with Crippen molar-refractivity contribution < 1.29 is 4.79 Å². The van der Waals surface area contributed by atoms with E-state index in [4.69, 9.17) is 5.73 Å². The van der Waals surface area contributed by atoms with E-state index in [2.05, 4.69) is 26.3 Å². The average molecular weight is 309 g/mol. The zero-order valence-electron chi connectivity index (χ0n) is 9.85. The lowest BCUT2D eigenvalue weighted by Crippen LogP contribution is -2.18. The Morgan fingerprint density at radius 2 is 2.28 bits per heavy atom. The molecule has 0 fully saturated rings. The lowest BCUT2D eigenvalue weighted by atomic mass is 10.2. The highest BCUT2D eigenvalue weighted by Crippen LogP contribution is 2.20. The number of rotatable bonds is 3. The van der Waals surface area contributed by atoms with Gasteiger partial charge in [-0.05, 0) is 23.8 Å². The van der Waals surface area contributed by atoms with Crippen LogP contribution in [0, 0.1) is 0 Å². The van der Waals surface area contributed by atoms with E-state index in [0.717, 1.165) is 15.7 Å². The summed E-state index contributed by atoms with van der Waals surface area (Å²) in [7, 11) is 1.58. The predicted molar refractivity (Wildman–Crippen MR) is 72.5 cm³/mol. The molecule has 3 N–H and O–H groups in total. The molecule has 94 valence electrons. The van der Waals surface area contributed by atoms with E-state index in [0.29, 0.717) is 12.2 Å². The van der Waals surface area contributed by atoms with E-state index in [1.165, 1.54) is 0 Å². The van der Waals surface area contributed by atoms with Crippen LogP contribution >= 0.6 is 15.9 Å². The van der Waals surface area contributed by atoms with Gasteiger partial charge in [-0.2, -0.15) is 5.10 Å². The third kappa shape index (κ3) is 2.44. The fourth-order valence-electron chi connectivity index (χ4n) is 1.63. The molecule has 0 aliphatic rings. The molecule has 6 heteroatoms. The first-order chi connectivity index (χ1) is 8.65. The molecular weight excluding hydrogens is 296 g/mol. The van der Waals surface area contributed by atoms with Gasteiger partial charge in [0.2, 0.25) is 0 Å². The normalized spacial score (nSPS) is 10.4. The monoisotopic (exact) mass is 308 g/mol. The van der Waals surface area contributed by atoms with Crippen LogP contribution in [0.1, 0.15) is 16.1 Å². The molecular formula is C12H13BrN4O. The van der Waals surface area contributed by atoms with E-state index in [9.17, 15) is 4.79 Å². The van der Waals surface area contributed by atoms with Crippen LogP contribution in [0.4, 0.5) is 0 Å². The molecule has 2 aromatic rings. The van der Waals surface area contributed by atoms with Crippen molar-refractivity contribution in [1.82, 2.24) is 15.1 Å². The van der Waals surface area contributed by atoms with Crippen LogP contribution in [0.3, 0.4) is 0 Å². The molecule has 0 spiro atoms. The van der Waals surface area contributed by atoms with Crippen molar-refractivity contribution in [3.63, 3.8) is 0 Å². The van der Waals surface area contributed by atoms with E-state index in [1.807, 2.05) is 18.2 Å². The van der Waals surface area contributed by atoms with Crippen molar-refractivity contribution in [3.05, 3.63) is 46.2 Å². The van der Waals surface area contributed by atoms with Crippen LogP contribution in [0.25, 0.3) is 5.69 Å². The second kappa shape index (κ2) is 5.32. The molecule has 5 nitrogen and oxygen atoms in total. The first kappa shape index (κ1) is 12.8. The molecule has 0 unspecified atom stereocenters. The zero-order valence-corrected chi connectivity index (χ0v) is 11.4. The maximum Gasteiger partial charge on any atom is 0.271 e. The SMILES string of the molecule is CNC(=O)c1ccn(-c2cc(Br)ccc2CN)n1. The number of hydrogen-bond acceptors (Lipinski definition) is 3. The van der Waals surface area contributed by atoms with E-state index < -0.39 is 0 Å². The van der Waals surface area contributed by atoms with Gasteiger partial charge < -0.3 is 11.1 Å². The van der Waals surface area contributed by atoms with Crippen LogP contribution in [0.15, 0.2) is 34.9 Å². The van der Waals surface area contributed by atoms with E-state index in [1.54, 1.807) is 24.0 Å². The number of aromatic nitrogens is 2. The van der Waals surface area contributed by atoms with Gasteiger partial charge in [0.05, 0.1) is 5.69 Å². The van der Waals surface area contributed by atoms with Crippen molar-refractivity contribution in [3.8, 4) is 5.69 Å². The molecule has 1 heterocycles. The summed E-state index contributed by atoms with van der Waals surface area (Å²) in [6.07, 6.45) is 1.74. The second-order valence-corrected chi connectivity index (χ2v) is 4.62. The standard InChI is InChI=1S/C12H13BrN4O/c1-15-12(18)10-4-5-17(16-10)11-6-9(13)3-2-8(11)7-14/h2-6H,7,14H2,1H3,(H,15,18). The highest BCUT2D eigenvalue weighted by molar-refractivity contribution is 9.10. The first-order valence-electron chi connectivity index (χ1n) is 5.42. The maximum absolute atomic E-state index is 11.5. The molecule has 0 bridgehead atoms. The summed E-state index contributed by atoms with van der Waals surface area (Å²) in [6, 6.07) is 7.44.